The van der Waals surface area contributed by atoms with Gasteiger partial charge in [-0.1, -0.05) is 12.1 Å². The van der Waals surface area contributed by atoms with Crippen molar-refractivity contribution >= 4 is 11.7 Å². The van der Waals surface area contributed by atoms with E-state index in [1.165, 1.54) is 0 Å². The lowest BCUT2D eigenvalue weighted by Gasteiger charge is -2.29. The van der Waals surface area contributed by atoms with Crippen LogP contribution < -0.4 is 4.74 Å². The number of phenolic OH excluding ortho intramolecular Hbond substituents is 3. The Bertz CT molecular complexity index is 911. The molecule has 0 aliphatic rings. The first kappa shape index (κ1) is 22.0. The van der Waals surface area contributed by atoms with Crippen LogP contribution in [0, 0.1) is 0 Å². The Balaban J connectivity index is 2.51. The van der Waals surface area contributed by atoms with Gasteiger partial charge in [0.2, 0.25) is 11.5 Å². The number of ether oxygens (including phenoxy) is 1. The molecule has 1 amide bonds. The maximum atomic E-state index is 12.3. The van der Waals surface area contributed by atoms with Crippen molar-refractivity contribution in [1.82, 2.24) is 5.06 Å². The Morgan fingerprint density at radius 2 is 1.79 bits per heavy atom. The van der Waals surface area contributed by atoms with Crippen molar-refractivity contribution in [2.75, 3.05) is 13.7 Å². The third kappa shape index (κ3) is 4.95. The van der Waals surface area contributed by atoms with Gasteiger partial charge in [-0.3, -0.25) is 14.8 Å². The van der Waals surface area contributed by atoms with Gasteiger partial charge in [0.25, 0.3) is 0 Å². The number of phenols is 3. The number of Topliss-reactive ketones (excluding diaryl/α,β-unsaturated/α-hetero) is 1. The highest BCUT2D eigenvalue weighted by Crippen LogP contribution is 2.44. The minimum Gasteiger partial charge on any atom is -0.504 e. The standard InChI is InChI=1S/C20H23NO8/c1-3-29-13-6-4-5-12(9-13)10-20(27,11-16(23)19(26)21(2)28)14-7-8-15(22)18(25)17(14)24/h4-9,22,24-25,27-28H,3,10-11H2,1-2H3/t20-/m1/s1. The molecule has 0 aliphatic carbocycles. The molecule has 1 atom stereocenters. The molecule has 0 fully saturated rings. The molecule has 0 saturated carbocycles. The molecule has 2 aromatic rings. The second-order valence-electron chi connectivity index (χ2n) is 6.55. The molecular weight excluding hydrogens is 382 g/mol. The summed E-state index contributed by atoms with van der Waals surface area (Å²) in [7, 11) is 0.967. The van der Waals surface area contributed by atoms with E-state index in [4.69, 9.17) is 4.74 Å². The van der Waals surface area contributed by atoms with Crippen molar-refractivity contribution in [2.45, 2.75) is 25.4 Å². The van der Waals surface area contributed by atoms with Crippen LogP contribution in [0.15, 0.2) is 36.4 Å². The third-order valence-electron chi connectivity index (χ3n) is 4.32. The minimum atomic E-state index is -2.14. The first-order valence-electron chi connectivity index (χ1n) is 8.77. The van der Waals surface area contributed by atoms with Crippen LogP contribution in [0.4, 0.5) is 0 Å². The summed E-state index contributed by atoms with van der Waals surface area (Å²) < 4.78 is 5.41. The van der Waals surface area contributed by atoms with Gasteiger partial charge in [0.1, 0.15) is 11.4 Å². The maximum absolute atomic E-state index is 12.3. The second kappa shape index (κ2) is 8.80. The summed E-state index contributed by atoms with van der Waals surface area (Å²) in [5.41, 5.74) is -1.89. The monoisotopic (exact) mass is 405 g/mol. The molecule has 0 aromatic heterocycles. The normalized spacial score (nSPS) is 12.8. The fourth-order valence-electron chi connectivity index (χ4n) is 2.97. The van der Waals surface area contributed by atoms with Gasteiger partial charge in [-0.15, -0.1) is 0 Å². The average Bonchev–Trinajstić information content (AvgIpc) is 2.65. The van der Waals surface area contributed by atoms with Crippen molar-refractivity contribution in [3.63, 3.8) is 0 Å². The molecule has 9 heteroatoms. The number of hydrogen-bond acceptors (Lipinski definition) is 8. The van der Waals surface area contributed by atoms with Crippen LogP contribution in [0.25, 0.3) is 0 Å². The molecule has 0 spiro atoms. The van der Waals surface area contributed by atoms with Crippen LogP contribution in [-0.4, -0.2) is 56.0 Å². The van der Waals surface area contributed by atoms with Gasteiger partial charge in [0.05, 0.1) is 6.61 Å². The highest BCUT2D eigenvalue weighted by Gasteiger charge is 2.38. The number of nitrogens with zero attached hydrogens (tertiary/aromatic N) is 1. The Morgan fingerprint density at radius 1 is 1.10 bits per heavy atom. The first-order valence-corrected chi connectivity index (χ1v) is 8.77. The van der Waals surface area contributed by atoms with E-state index in [0.29, 0.717) is 17.9 Å². The molecule has 29 heavy (non-hydrogen) atoms. The molecule has 0 heterocycles. The lowest BCUT2D eigenvalue weighted by Crippen LogP contribution is -2.38. The third-order valence-corrected chi connectivity index (χ3v) is 4.32. The van der Waals surface area contributed by atoms with E-state index in [2.05, 4.69) is 0 Å². The van der Waals surface area contributed by atoms with Crippen LogP contribution in [0.1, 0.15) is 24.5 Å². The second-order valence-corrected chi connectivity index (χ2v) is 6.55. The molecule has 0 aliphatic heterocycles. The zero-order valence-corrected chi connectivity index (χ0v) is 16.0. The van der Waals surface area contributed by atoms with E-state index in [1.54, 1.807) is 31.2 Å². The van der Waals surface area contributed by atoms with Crippen molar-refractivity contribution in [2.24, 2.45) is 0 Å². The van der Waals surface area contributed by atoms with E-state index < -0.39 is 41.0 Å². The van der Waals surface area contributed by atoms with Crippen LogP contribution in [0.3, 0.4) is 0 Å². The largest absolute Gasteiger partial charge is 0.504 e. The van der Waals surface area contributed by atoms with Crippen LogP contribution >= 0.6 is 0 Å². The number of aliphatic hydroxyl groups is 1. The molecule has 0 saturated heterocycles. The Kier molecular flexibility index (Phi) is 6.68. The molecule has 156 valence electrons. The predicted molar refractivity (Wildman–Crippen MR) is 101 cm³/mol. The topological polar surface area (TPSA) is 148 Å². The van der Waals surface area contributed by atoms with E-state index in [-0.39, 0.29) is 17.0 Å². The van der Waals surface area contributed by atoms with E-state index in [0.717, 1.165) is 19.2 Å². The average molecular weight is 405 g/mol. The number of ketones is 1. The lowest BCUT2D eigenvalue weighted by molar-refractivity contribution is -0.167. The van der Waals surface area contributed by atoms with Crippen LogP contribution in [0.2, 0.25) is 0 Å². The lowest BCUT2D eigenvalue weighted by atomic mass is 9.82. The van der Waals surface area contributed by atoms with Gasteiger partial charge in [-0.25, -0.2) is 5.06 Å². The number of aromatic hydroxyl groups is 3. The smallest absolute Gasteiger partial charge is 0.313 e. The van der Waals surface area contributed by atoms with E-state index in [1.807, 2.05) is 0 Å². The van der Waals surface area contributed by atoms with Crippen molar-refractivity contribution in [3.05, 3.63) is 47.5 Å². The Morgan fingerprint density at radius 3 is 2.41 bits per heavy atom. The van der Waals surface area contributed by atoms with Gasteiger partial charge in [-0.2, -0.15) is 0 Å². The van der Waals surface area contributed by atoms with Gasteiger partial charge >= 0.3 is 5.91 Å². The molecule has 9 nitrogen and oxygen atoms in total. The number of likely N-dealkylation sites (N-methyl/N-ethyl adjacent to an activating group) is 1. The number of rotatable bonds is 8. The number of hydroxylamine groups is 2. The van der Waals surface area contributed by atoms with Gasteiger partial charge in [0.15, 0.2) is 11.5 Å². The highest BCUT2D eigenvalue weighted by molar-refractivity contribution is 6.35. The summed E-state index contributed by atoms with van der Waals surface area (Å²) in [6, 6.07) is 8.81. The molecule has 0 unspecified atom stereocenters. The van der Waals surface area contributed by atoms with Gasteiger partial charge in [0, 0.05) is 25.5 Å². The Labute approximate surface area is 167 Å². The predicted octanol–water partition coefficient (Wildman–Crippen LogP) is 1.44. The summed E-state index contributed by atoms with van der Waals surface area (Å²) in [5, 5.41) is 50.2. The first-order chi connectivity index (χ1) is 13.6. The van der Waals surface area contributed by atoms with Crippen molar-refractivity contribution in [3.8, 4) is 23.0 Å². The van der Waals surface area contributed by atoms with Crippen LogP contribution in [-0.2, 0) is 21.6 Å². The van der Waals surface area contributed by atoms with Crippen molar-refractivity contribution in [1.29, 1.82) is 0 Å². The fourth-order valence-corrected chi connectivity index (χ4v) is 2.97. The molecule has 5 N–H and O–H groups in total. The summed E-state index contributed by atoms with van der Waals surface area (Å²) in [6.07, 6.45) is -1.03. The number of hydrogen-bond donors (Lipinski definition) is 5. The fraction of sp³-hybridized carbons (Fsp3) is 0.300. The van der Waals surface area contributed by atoms with E-state index >= 15 is 0 Å². The van der Waals surface area contributed by atoms with Crippen molar-refractivity contribution < 1.29 is 40.0 Å². The number of carbonyl (C=O) groups is 2. The summed E-state index contributed by atoms with van der Waals surface area (Å²) >= 11 is 0. The minimum absolute atomic E-state index is 0.0899. The van der Waals surface area contributed by atoms with E-state index in [9.17, 15) is 35.2 Å². The number of benzene rings is 2. The molecule has 2 aromatic carbocycles. The zero-order chi connectivity index (χ0) is 21.8. The molecular formula is C20H23NO8. The Hall–Kier alpha value is -3.30. The number of carbonyl (C=O) groups excluding carboxylic acids is 2. The summed E-state index contributed by atoms with van der Waals surface area (Å²) in [6.45, 7) is 2.21. The summed E-state index contributed by atoms with van der Waals surface area (Å²) in [5.74, 6) is -4.18. The SMILES string of the molecule is CCOc1cccc(C[C@@](O)(CC(=O)C(=O)N(C)O)c2ccc(O)c(O)c2O)c1. The van der Waals surface area contributed by atoms with Crippen LogP contribution in [0.5, 0.6) is 23.0 Å². The number of amides is 1. The molecule has 2 rings (SSSR count). The maximum Gasteiger partial charge on any atom is 0.313 e. The van der Waals surface area contributed by atoms with Gasteiger partial charge < -0.3 is 25.2 Å². The zero-order valence-electron chi connectivity index (χ0n) is 16.0. The van der Waals surface area contributed by atoms with Gasteiger partial charge in [-0.05, 0) is 36.8 Å². The summed E-state index contributed by atoms with van der Waals surface area (Å²) in [4.78, 5) is 24.1. The quantitative estimate of drug-likeness (QED) is 0.192. The molecule has 0 radical (unpaired) electrons. The highest BCUT2D eigenvalue weighted by atomic mass is 16.5. The molecule has 0 bridgehead atoms.